The van der Waals surface area contributed by atoms with E-state index in [1.54, 1.807) is 11.8 Å². The van der Waals surface area contributed by atoms with Gasteiger partial charge in [-0.3, -0.25) is 4.79 Å². The van der Waals surface area contributed by atoms with Crippen molar-refractivity contribution in [2.24, 2.45) is 5.73 Å². The van der Waals surface area contributed by atoms with Gasteiger partial charge in [-0.2, -0.15) is 13.2 Å². The van der Waals surface area contributed by atoms with Gasteiger partial charge in [0.15, 0.2) is 5.69 Å². The molecule has 0 spiro atoms. The van der Waals surface area contributed by atoms with Crippen molar-refractivity contribution in [2.45, 2.75) is 50.6 Å². The van der Waals surface area contributed by atoms with Crippen LogP contribution in [0.2, 0.25) is 0 Å². The zero-order valence-corrected chi connectivity index (χ0v) is 16.5. The number of aromatic nitrogens is 2. The number of anilines is 1. The number of nitrogens with zero attached hydrogens (tertiary/aromatic N) is 4. The number of hydrogen-bond donors (Lipinski definition) is 1. The van der Waals surface area contributed by atoms with Crippen LogP contribution in [0.25, 0.3) is 0 Å². The van der Waals surface area contributed by atoms with Crippen molar-refractivity contribution in [2.75, 3.05) is 31.1 Å². The fraction of sp³-hybridized carbons (Fsp3) is 0.667. The molecule has 166 valence electrons. The molecule has 2 saturated heterocycles. The Kier molecular flexibility index (Phi) is 6.64. The van der Waals surface area contributed by atoms with Crippen molar-refractivity contribution in [3.8, 4) is 0 Å². The zero-order valence-electron chi connectivity index (χ0n) is 16.5. The number of carbonyl (C=O) groups is 2. The molecule has 2 fully saturated rings. The van der Waals surface area contributed by atoms with E-state index in [0.717, 1.165) is 12.4 Å². The molecule has 3 rings (SSSR count). The van der Waals surface area contributed by atoms with E-state index < -0.39 is 30.2 Å². The van der Waals surface area contributed by atoms with E-state index in [0.29, 0.717) is 44.7 Å². The number of amides is 2. The summed E-state index contributed by atoms with van der Waals surface area (Å²) in [5.74, 6) is 0.285. The molecule has 1 aromatic rings. The maximum atomic E-state index is 12.6. The van der Waals surface area contributed by atoms with Gasteiger partial charge in [0, 0.05) is 32.1 Å². The van der Waals surface area contributed by atoms with Crippen LogP contribution in [0, 0.1) is 0 Å². The Morgan fingerprint density at radius 2 is 1.93 bits per heavy atom. The van der Waals surface area contributed by atoms with Crippen molar-refractivity contribution < 1.29 is 32.2 Å². The van der Waals surface area contributed by atoms with Gasteiger partial charge in [0.1, 0.15) is 18.0 Å². The number of hydrogen-bond acceptors (Lipinski definition) is 7. The molecular formula is C18H24F3N5O4. The van der Waals surface area contributed by atoms with E-state index in [-0.39, 0.29) is 18.6 Å². The number of nitrogens with two attached hydrogens (primary N) is 1. The molecule has 9 nitrogen and oxygen atoms in total. The molecule has 2 aliphatic rings. The first kappa shape index (κ1) is 22.1. The van der Waals surface area contributed by atoms with Gasteiger partial charge in [0.25, 0.3) is 5.91 Å². The molecule has 0 aromatic carbocycles. The van der Waals surface area contributed by atoms with Crippen LogP contribution < -0.4 is 10.6 Å². The Hall–Kier alpha value is -2.63. The fourth-order valence-electron chi connectivity index (χ4n) is 3.71. The second-order valence-corrected chi connectivity index (χ2v) is 7.37. The summed E-state index contributed by atoms with van der Waals surface area (Å²) in [6.07, 6.45) is -2.79. The third-order valence-electron chi connectivity index (χ3n) is 5.20. The van der Waals surface area contributed by atoms with Crippen molar-refractivity contribution in [3.05, 3.63) is 18.1 Å². The van der Waals surface area contributed by atoms with Crippen LogP contribution >= 0.6 is 0 Å². The predicted octanol–water partition coefficient (Wildman–Crippen LogP) is 1.57. The highest BCUT2D eigenvalue weighted by Crippen LogP contribution is 2.29. The summed E-state index contributed by atoms with van der Waals surface area (Å²) < 4.78 is 48.2. The van der Waals surface area contributed by atoms with E-state index >= 15 is 0 Å². The van der Waals surface area contributed by atoms with Crippen molar-refractivity contribution in [1.29, 1.82) is 0 Å². The van der Waals surface area contributed by atoms with Gasteiger partial charge in [-0.25, -0.2) is 14.8 Å². The number of piperidine rings is 1. The van der Waals surface area contributed by atoms with Crippen molar-refractivity contribution in [1.82, 2.24) is 14.9 Å². The van der Waals surface area contributed by atoms with Gasteiger partial charge in [-0.05, 0) is 19.8 Å². The quantitative estimate of drug-likeness (QED) is 0.728. The number of alkyl halides is 3. The highest BCUT2D eigenvalue weighted by Gasteiger charge is 2.38. The zero-order chi connectivity index (χ0) is 21.9. The third-order valence-corrected chi connectivity index (χ3v) is 5.20. The molecular weight excluding hydrogens is 407 g/mol. The summed E-state index contributed by atoms with van der Waals surface area (Å²) in [6, 6.07) is 0.0315. The Balaban J connectivity index is 1.48. The minimum Gasteiger partial charge on any atom is -0.444 e. The molecule has 1 unspecified atom stereocenters. The van der Waals surface area contributed by atoms with Gasteiger partial charge in [0.2, 0.25) is 0 Å². The van der Waals surface area contributed by atoms with Crippen LogP contribution in [-0.2, 0) is 20.4 Å². The number of rotatable bonds is 6. The van der Waals surface area contributed by atoms with E-state index in [1.807, 2.05) is 4.90 Å². The van der Waals surface area contributed by atoms with E-state index in [2.05, 4.69) is 9.97 Å². The van der Waals surface area contributed by atoms with E-state index in [9.17, 15) is 22.8 Å². The molecule has 2 amide bonds. The molecule has 12 heteroatoms. The minimum absolute atomic E-state index is 0.0315. The second-order valence-electron chi connectivity index (χ2n) is 7.37. The Morgan fingerprint density at radius 1 is 1.23 bits per heavy atom. The summed E-state index contributed by atoms with van der Waals surface area (Å²) in [5, 5.41) is 0. The number of ether oxygens (including phenoxy) is 2. The lowest BCUT2D eigenvalue weighted by molar-refractivity contribution is -0.141. The first-order chi connectivity index (χ1) is 14.1. The van der Waals surface area contributed by atoms with Crippen LogP contribution in [0.15, 0.2) is 12.4 Å². The van der Waals surface area contributed by atoms with E-state index in [4.69, 9.17) is 15.2 Å². The van der Waals surface area contributed by atoms with Crippen LogP contribution in [0.1, 0.15) is 31.9 Å². The van der Waals surface area contributed by atoms with Crippen molar-refractivity contribution in [3.63, 3.8) is 0 Å². The third kappa shape index (κ3) is 5.29. The van der Waals surface area contributed by atoms with E-state index in [1.165, 1.54) is 0 Å². The lowest BCUT2D eigenvalue weighted by Crippen LogP contribution is -2.47. The summed E-state index contributed by atoms with van der Waals surface area (Å²) in [5.41, 5.74) is 3.93. The first-order valence-corrected chi connectivity index (χ1v) is 9.67. The van der Waals surface area contributed by atoms with Gasteiger partial charge < -0.3 is 25.0 Å². The average Bonchev–Trinajstić information content (AvgIpc) is 3.06. The molecule has 3 heterocycles. The highest BCUT2D eigenvalue weighted by atomic mass is 19.4. The molecule has 1 aromatic heterocycles. The van der Waals surface area contributed by atoms with Gasteiger partial charge in [-0.1, -0.05) is 0 Å². The predicted molar refractivity (Wildman–Crippen MR) is 98.5 cm³/mol. The topological polar surface area (TPSA) is 111 Å². The first-order valence-electron chi connectivity index (χ1n) is 9.67. The molecule has 0 radical (unpaired) electrons. The number of carbonyl (C=O) groups excluding carboxylic acids is 2. The Bertz CT molecular complexity index is 753. The second kappa shape index (κ2) is 9.02. The summed E-state index contributed by atoms with van der Waals surface area (Å²) >= 11 is 0. The maximum absolute atomic E-state index is 12.6. The van der Waals surface area contributed by atoms with Crippen LogP contribution in [0.5, 0.6) is 0 Å². The molecule has 0 saturated carbocycles. The Morgan fingerprint density at radius 3 is 2.50 bits per heavy atom. The average molecular weight is 431 g/mol. The fourth-order valence-corrected chi connectivity index (χ4v) is 3.71. The standard InChI is InChI=1S/C18H24F3N5O4/c1-11(30-17(22)28)10-29-13-4-7-26(16(13)27)12-2-5-25(6-3-12)15-9-23-14(8-24-15)18(19,20)21/h8-9,11-13H,2-7,10H2,1H3,(H2,22,28)/t11-,13?/m0/s1. The lowest BCUT2D eigenvalue weighted by Gasteiger charge is -2.37. The molecule has 0 aliphatic carbocycles. The molecule has 2 atom stereocenters. The van der Waals surface area contributed by atoms with Gasteiger partial charge in [-0.15, -0.1) is 0 Å². The maximum Gasteiger partial charge on any atom is 0.434 e. The summed E-state index contributed by atoms with van der Waals surface area (Å²) in [6.45, 7) is 3.40. The molecule has 2 aliphatic heterocycles. The summed E-state index contributed by atoms with van der Waals surface area (Å²) in [4.78, 5) is 34.4. The smallest absolute Gasteiger partial charge is 0.434 e. The van der Waals surface area contributed by atoms with Gasteiger partial charge >= 0.3 is 12.3 Å². The normalized spacial score (nSPS) is 21.7. The number of primary amides is 1. The SMILES string of the molecule is C[C@@H](COC1CCN(C2CCN(c3cnc(C(F)(F)F)cn3)CC2)C1=O)OC(N)=O. The molecule has 2 N–H and O–H groups in total. The number of halogens is 3. The monoisotopic (exact) mass is 431 g/mol. The largest absolute Gasteiger partial charge is 0.444 e. The van der Waals surface area contributed by atoms with Gasteiger partial charge in [0.05, 0.1) is 19.0 Å². The summed E-state index contributed by atoms with van der Waals surface area (Å²) in [7, 11) is 0. The van der Waals surface area contributed by atoms with Crippen LogP contribution in [0.3, 0.4) is 0 Å². The number of likely N-dealkylation sites (tertiary alicyclic amines) is 1. The van der Waals surface area contributed by atoms with Crippen LogP contribution in [-0.4, -0.2) is 71.4 Å². The lowest BCUT2D eigenvalue weighted by atomic mass is 10.0. The molecule has 30 heavy (non-hydrogen) atoms. The van der Waals surface area contributed by atoms with Crippen molar-refractivity contribution >= 4 is 17.8 Å². The Labute approximate surface area is 171 Å². The van der Waals surface area contributed by atoms with Crippen LogP contribution in [0.4, 0.5) is 23.8 Å². The molecule has 0 bridgehead atoms. The highest BCUT2D eigenvalue weighted by molar-refractivity contribution is 5.83. The minimum atomic E-state index is -4.52.